The molecule has 1 amide bonds. The van der Waals surface area contributed by atoms with Gasteiger partial charge in [0, 0.05) is 13.0 Å². The number of carbonyl (C=O) groups is 1. The Morgan fingerprint density at radius 3 is 2.76 bits per heavy atom. The third-order valence-electron chi connectivity index (χ3n) is 2.39. The van der Waals surface area contributed by atoms with Crippen molar-refractivity contribution in [2.45, 2.75) is 26.7 Å². The molecule has 0 bridgehead atoms. The summed E-state index contributed by atoms with van der Waals surface area (Å²) in [6.45, 7) is 5.10. The lowest BCUT2D eigenvalue weighted by Crippen LogP contribution is -2.22. The predicted octanol–water partition coefficient (Wildman–Crippen LogP) is 1.74. The van der Waals surface area contributed by atoms with Crippen molar-refractivity contribution in [2.24, 2.45) is 0 Å². The molecule has 0 spiro atoms. The van der Waals surface area contributed by atoms with E-state index in [0.29, 0.717) is 37.4 Å². The zero-order valence-corrected chi connectivity index (χ0v) is 10.5. The molecule has 0 heterocycles. The van der Waals surface area contributed by atoms with Gasteiger partial charge in [0.25, 0.3) is 0 Å². The molecule has 0 radical (unpaired) electrons. The summed E-state index contributed by atoms with van der Waals surface area (Å²) in [6.07, 6.45) is 1.18. The van der Waals surface area contributed by atoms with Crippen LogP contribution in [0.5, 0.6) is 5.75 Å². The van der Waals surface area contributed by atoms with E-state index < -0.39 is 0 Å². The van der Waals surface area contributed by atoms with Crippen molar-refractivity contribution in [3.05, 3.63) is 23.8 Å². The van der Waals surface area contributed by atoms with Crippen molar-refractivity contribution < 1.29 is 9.53 Å². The van der Waals surface area contributed by atoms with Crippen LogP contribution in [0.25, 0.3) is 0 Å². The molecule has 0 saturated carbocycles. The van der Waals surface area contributed by atoms with Crippen molar-refractivity contribution in [1.29, 1.82) is 0 Å². The van der Waals surface area contributed by atoms with Crippen LogP contribution < -0.4 is 15.8 Å². The van der Waals surface area contributed by atoms with Gasteiger partial charge in [0.1, 0.15) is 5.75 Å². The van der Waals surface area contributed by atoms with E-state index >= 15 is 0 Å². The molecule has 4 heteroatoms. The van der Waals surface area contributed by atoms with E-state index in [1.807, 2.05) is 32.0 Å². The average molecular weight is 236 g/mol. The van der Waals surface area contributed by atoms with Crippen LogP contribution >= 0.6 is 0 Å². The molecule has 17 heavy (non-hydrogen) atoms. The van der Waals surface area contributed by atoms with E-state index in [1.165, 1.54) is 0 Å². The summed E-state index contributed by atoms with van der Waals surface area (Å²) in [4.78, 5) is 11.3. The van der Waals surface area contributed by atoms with Crippen molar-refractivity contribution in [1.82, 2.24) is 5.32 Å². The van der Waals surface area contributed by atoms with E-state index in [4.69, 9.17) is 10.5 Å². The lowest BCUT2D eigenvalue weighted by Gasteiger charge is -2.08. The molecule has 4 nitrogen and oxygen atoms in total. The SMILES string of the molecule is CCNC(=O)CCc1ccc(OCC)c(N)c1. The Kier molecular flexibility index (Phi) is 5.33. The topological polar surface area (TPSA) is 64.3 Å². The highest BCUT2D eigenvalue weighted by Gasteiger charge is 2.04. The van der Waals surface area contributed by atoms with Gasteiger partial charge in [0.05, 0.1) is 12.3 Å². The van der Waals surface area contributed by atoms with Gasteiger partial charge < -0.3 is 15.8 Å². The first-order valence-electron chi connectivity index (χ1n) is 5.95. The fourth-order valence-electron chi connectivity index (χ4n) is 1.58. The lowest BCUT2D eigenvalue weighted by molar-refractivity contribution is -0.120. The number of rotatable bonds is 6. The van der Waals surface area contributed by atoms with Crippen LogP contribution in [0.1, 0.15) is 25.8 Å². The normalized spacial score (nSPS) is 10.0. The van der Waals surface area contributed by atoms with E-state index in [9.17, 15) is 4.79 Å². The van der Waals surface area contributed by atoms with Gasteiger partial charge in [0.2, 0.25) is 5.91 Å². The Labute approximate surface area is 102 Å². The van der Waals surface area contributed by atoms with Crippen LogP contribution in [-0.2, 0) is 11.2 Å². The monoisotopic (exact) mass is 236 g/mol. The molecule has 0 aliphatic heterocycles. The van der Waals surface area contributed by atoms with Crippen molar-refractivity contribution in [3.8, 4) is 5.75 Å². The summed E-state index contributed by atoms with van der Waals surface area (Å²) in [5.74, 6) is 0.772. The Bertz CT molecular complexity index is 378. The first-order valence-corrected chi connectivity index (χ1v) is 5.95. The van der Waals surface area contributed by atoms with Crippen molar-refractivity contribution in [2.75, 3.05) is 18.9 Å². The molecular weight excluding hydrogens is 216 g/mol. The van der Waals surface area contributed by atoms with E-state index in [0.717, 1.165) is 5.56 Å². The Morgan fingerprint density at radius 1 is 1.41 bits per heavy atom. The highest BCUT2D eigenvalue weighted by Crippen LogP contribution is 2.22. The number of hydrogen-bond donors (Lipinski definition) is 2. The third kappa shape index (κ3) is 4.34. The molecule has 0 saturated heterocycles. The average Bonchev–Trinajstić information content (AvgIpc) is 2.30. The second kappa shape index (κ2) is 6.78. The summed E-state index contributed by atoms with van der Waals surface area (Å²) in [7, 11) is 0. The molecule has 0 aliphatic carbocycles. The van der Waals surface area contributed by atoms with Crippen LogP contribution in [0, 0.1) is 0 Å². The van der Waals surface area contributed by atoms with Gasteiger partial charge >= 0.3 is 0 Å². The maximum atomic E-state index is 11.3. The number of nitrogens with one attached hydrogen (secondary N) is 1. The minimum absolute atomic E-state index is 0.0694. The number of ether oxygens (including phenoxy) is 1. The summed E-state index contributed by atoms with van der Waals surface area (Å²) in [6, 6.07) is 5.66. The number of nitrogens with two attached hydrogens (primary N) is 1. The summed E-state index contributed by atoms with van der Waals surface area (Å²) in [5, 5.41) is 2.77. The fourth-order valence-corrected chi connectivity index (χ4v) is 1.58. The number of carbonyl (C=O) groups excluding carboxylic acids is 1. The molecule has 1 aromatic carbocycles. The number of benzene rings is 1. The number of amides is 1. The second-order valence-corrected chi connectivity index (χ2v) is 3.76. The molecule has 0 aliphatic rings. The lowest BCUT2D eigenvalue weighted by atomic mass is 10.1. The summed E-state index contributed by atoms with van der Waals surface area (Å²) in [5.41, 5.74) is 7.53. The number of anilines is 1. The Balaban J connectivity index is 2.55. The van der Waals surface area contributed by atoms with Crippen LogP contribution in [0.2, 0.25) is 0 Å². The number of nitrogen functional groups attached to an aromatic ring is 1. The molecule has 1 rings (SSSR count). The van der Waals surface area contributed by atoms with Crippen molar-refractivity contribution >= 4 is 11.6 Å². The fraction of sp³-hybridized carbons (Fsp3) is 0.462. The van der Waals surface area contributed by atoms with E-state index in [-0.39, 0.29) is 5.91 Å². The van der Waals surface area contributed by atoms with Crippen LogP contribution in [0.15, 0.2) is 18.2 Å². The van der Waals surface area contributed by atoms with Crippen LogP contribution in [0.4, 0.5) is 5.69 Å². The number of aryl methyl sites for hydroxylation is 1. The van der Waals surface area contributed by atoms with E-state index in [2.05, 4.69) is 5.32 Å². The smallest absolute Gasteiger partial charge is 0.220 e. The summed E-state index contributed by atoms with van der Waals surface area (Å²) < 4.78 is 5.35. The maximum Gasteiger partial charge on any atom is 0.220 e. The standard InChI is InChI=1S/C13H20N2O2/c1-3-15-13(16)8-6-10-5-7-12(17-4-2)11(14)9-10/h5,7,9H,3-4,6,8,14H2,1-2H3,(H,15,16). The van der Waals surface area contributed by atoms with Crippen molar-refractivity contribution in [3.63, 3.8) is 0 Å². The predicted molar refractivity (Wildman–Crippen MR) is 69.0 cm³/mol. The first kappa shape index (κ1) is 13.4. The maximum absolute atomic E-state index is 11.3. The first-order chi connectivity index (χ1) is 8.17. The van der Waals surface area contributed by atoms with Gasteiger partial charge in [-0.1, -0.05) is 6.07 Å². The summed E-state index contributed by atoms with van der Waals surface area (Å²) >= 11 is 0. The second-order valence-electron chi connectivity index (χ2n) is 3.76. The van der Waals surface area contributed by atoms with Gasteiger partial charge in [-0.2, -0.15) is 0 Å². The molecule has 1 aromatic rings. The van der Waals surface area contributed by atoms with Gasteiger partial charge in [-0.3, -0.25) is 4.79 Å². The van der Waals surface area contributed by atoms with Crippen LogP contribution in [-0.4, -0.2) is 19.1 Å². The molecule has 94 valence electrons. The van der Waals surface area contributed by atoms with Gasteiger partial charge in [-0.05, 0) is 38.0 Å². The molecule has 0 atom stereocenters. The molecular formula is C13H20N2O2. The zero-order valence-electron chi connectivity index (χ0n) is 10.5. The van der Waals surface area contributed by atoms with Crippen LogP contribution in [0.3, 0.4) is 0 Å². The van der Waals surface area contributed by atoms with Gasteiger partial charge in [-0.15, -0.1) is 0 Å². The highest BCUT2D eigenvalue weighted by atomic mass is 16.5. The quantitative estimate of drug-likeness (QED) is 0.739. The van der Waals surface area contributed by atoms with Gasteiger partial charge in [-0.25, -0.2) is 0 Å². The third-order valence-corrected chi connectivity index (χ3v) is 2.39. The zero-order chi connectivity index (χ0) is 12.7. The largest absolute Gasteiger partial charge is 0.492 e. The molecule has 3 N–H and O–H groups in total. The minimum atomic E-state index is 0.0694. The minimum Gasteiger partial charge on any atom is -0.492 e. The highest BCUT2D eigenvalue weighted by molar-refractivity contribution is 5.76. The Morgan fingerprint density at radius 2 is 2.18 bits per heavy atom. The molecule has 0 fully saturated rings. The Hall–Kier alpha value is -1.71. The van der Waals surface area contributed by atoms with Gasteiger partial charge in [0.15, 0.2) is 0 Å². The number of hydrogen-bond acceptors (Lipinski definition) is 3. The molecule has 0 aromatic heterocycles. The molecule has 0 unspecified atom stereocenters. The van der Waals surface area contributed by atoms with E-state index in [1.54, 1.807) is 0 Å².